The third-order valence-corrected chi connectivity index (χ3v) is 2.83. The van der Waals surface area contributed by atoms with E-state index in [0.29, 0.717) is 5.69 Å². The molecule has 2 rings (SSSR count). The van der Waals surface area contributed by atoms with E-state index in [-0.39, 0.29) is 11.9 Å². The van der Waals surface area contributed by atoms with Crippen molar-refractivity contribution in [3.05, 3.63) is 36.2 Å². The Hall–Kier alpha value is -2.58. The third-order valence-electron chi connectivity index (χ3n) is 2.83. The molecule has 9 heteroatoms. The summed E-state index contributed by atoms with van der Waals surface area (Å²) in [5.74, 6) is -0.342. The van der Waals surface area contributed by atoms with Gasteiger partial charge in [-0.15, -0.1) is 5.10 Å². The molecule has 1 N–H and O–H groups in total. The summed E-state index contributed by atoms with van der Waals surface area (Å²) in [6.45, 7) is 1.53. The van der Waals surface area contributed by atoms with Crippen molar-refractivity contribution in [1.29, 1.82) is 0 Å². The molecule has 0 aliphatic carbocycles. The summed E-state index contributed by atoms with van der Waals surface area (Å²) in [6.07, 6.45) is -3.89. The molecular weight excluding hydrogens is 301 g/mol. The zero-order chi connectivity index (χ0) is 16.3. The minimum atomic E-state index is -4.39. The maximum Gasteiger partial charge on any atom is 0.416 e. The number of rotatable bonds is 4. The number of hydrogen-bond acceptors (Lipinski definition) is 4. The quantitative estimate of drug-likeness (QED) is 0.934. The van der Waals surface area contributed by atoms with Gasteiger partial charge >= 0.3 is 12.2 Å². The summed E-state index contributed by atoms with van der Waals surface area (Å²) in [5, 5.41) is 6.36. The van der Waals surface area contributed by atoms with E-state index in [9.17, 15) is 18.0 Å². The second-order valence-corrected chi connectivity index (χ2v) is 4.39. The summed E-state index contributed by atoms with van der Waals surface area (Å²) in [6, 6.07) is 4.39. The van der Waals surface area contributed by atoms with Crippen LogP contribution < -0.4 is 10.1 Å². The molecule has 1 unspecified atom stereocenters. The van der Waals surface area contributed by atoms with E-state index in [1.165, 1.54) is 37.1 Å². The van der Waals surface area contributed by atoms with Crippen LogP contribution in [0.15, 0.2) is 30.6 Å². The van der Waals surface area contributed by atoms with E-state index in [1.54, 1.807) is 0 Å². The molecule has 0 bridgehead atoms. The van der Waals surface area contributed by atoms with Crippen molar-refractivity contribution in [2.24, 2.45) is 0 Å². The first-order valence-corrected chi connectivity index (χ1v) is 6.29. The van der Waals surface area contributed by atoms with Crippen LogP contribution >= 0.6 is 0 Å². The van der Waals surface area contributed by atoms with Gasteiger partial charge in [0.15, 0.2) is 6.10 Å². The number of nitrogens with one attached hydrogen (secondary N) is 1. The third kappa shape index (κ3) is 3.54. The van der Waals surface area contributed by atoms with Gasteiger partial charge in [-0.25, -0.2) is 4.68 Å². The van der Waals surface area contributed by atoms with Crippen LogP contribution in [0.1, 0.15) is 12.5 Å². The second-order valence-electron chi connectivity index (χ2n) is 4.39. The fourth-order valence-electron chi connectivity index (χ4n) is 1.64. The Labute approximate surface area is 123 Å². The predicted octanol–water partition coefficient (Wildman–Crippen LogP) is 1.80. The number of benzene rings is 1. The largest absolute Gasteiger partial charge is 0.449 e. The zero-order valence-electron chi connectivity index (χ0n) is 11.8. The Balaban J connectivity index is 2.13. The van der Waals surface area contributed by atoms with Crippen LogP contribution in [0.3, 0.4) is 0 Å². The standard InChI is InChI=1S/C13H13F3N4O2/c1-8(11(21)17-2)22-12-18-7-20(19-12)10-5-3-9(4-6-10)13(14,15)16/h3-8H,1-2H3,(H,17,21). The average Bonchev–Trinajstić information content (AvgIpc) is 2.94. The Morgan fingerprint density at radius 2 is 1.95 bits per heavy atom. The maximum atomic E-state index is 12.5. The van der Waals surface area contributed by atoms with Crippen LogP contribution in [0.5, 0.6) is 6.01 Å². The summed E-state index contributed by atoms with van der Waals surface area (Å²) >= 11 is 0. The molecule has 1 amide bonds. The lowest BCUT2D eigenvalue weighted by atomic mass is 10.2. The normalized spacial score (nSPS) is 12.8. The van der Waals surface area contributed by atoms with Gasteiger partial charge in [-0.2, -0.15) is 18.2 Å². The molecule has 0 saturated carbocycles. The van der Waals surface area contributed by atoms with Gasteiger partial charge in [0.25, 0.3) is 5.91 Å². The summed E-state index contributed by atoms with van der Waals surface area (Å²) < 4.78 is 43.9. The van der Waals surface area contributed by atoms with Crippen molar-refractivity contribution in [2.45, 2.75) is 19.2 Å². The number of carbonyl (C=O) groups excluding carboxylic acids is 1. The number of ether oxygens (including phenoxy) is 1. The second kappa shape index (κ2) is 6.04. The number of hydrogen-bond donors (Lipinski definition) is 1. The molecule has 1 atom stereocenters. The predicted molar refractivity (Wildman–Crippen MR) is 70.5 cm³/mol. The molecular formula is C13H13F3N4O2. The molecule has 6 nitrogen and oxygen atoms in total. The highest BCUT2D eigenvalue weighted by Gasteiger charge is 2.30. The number of carbonyl (C=O) groups is 1. The number of aromatic nitrogens is 3. The number of nitrogens with zero attached hydrogens (tertiary/aromatic N) is 3. The molecule has 0 spiro atoms. The molecule has 22 heavy (non-hydrogen) atoms. The lowest BCUT2D eigenvalue weighted by Crippen LogP contribution is -2.34. The van der Waals surface area contributed by atoms with Crippen LogP contribution in [-0.4, -0.2) is 33.8 Å². The van der Waals surface area contributed by atoms with Gasteiger partial charge in [0.1, 0.15) is 6.33 Å². The summed E-state index contributed by atoms with van der Waals surface area (Å²) in [7, 11) is 1.47. The smallest absolute Gasteiger partial charge is 0.416 e. The molecule has 1 heterocycles. The SMILES string of the molecule is CNC(=O)C(C)Oc1ncn(-c2ccc(C(F)(F)F)cc2)n1. The van der Waals surface area contributed by atoms with E-state index >= 15 is 0 Å². The Kier molecular flexibility index (Phi) is 4.34. The fourth-order valence-corrected chi connectivity index (χ4v) is 1.64. The van der Waals surface area contributed by atoms with Gasteiger partial charge in [0.05, 0.1) is 11.3 Å². The first kappa shape index (κ1) is 15.8. The minimum absolute atomic E-state index is 0.0454. The molecule has 0 aliphatic rings. The van der Waals surface area contributed by atoms with E-state index < -0.39 is 17.8 Å². The Bertz CT molecular complexity index is 652. The van der Waals surface area contributed by atoms with Gasteiger partial charge in [-0.3, -0.25) is 4.79 Å². The molecule has 118 valence electrons. The van der Waals surface area contributed by atoms with Crippen molar-refractivity contribution in [3.63, 3.8) is 0 Å². The highest BCUT2D eigenvalue weighted by atomic mass is 19.4. The van der Waals surface area contributed by atoms with Gasteiger partial charge in [0.2, 0.25) is 0 Å². The topological polar surface area (TPSA) is 69.0 Å². The summed E-state index contributed by atoms with van der Waals surface area (Å²) in [5.41, 5.74) is -0.357. The lowest BCUT2D eigenvalue weighted by Gasteiger charge is -2.09. The van der Waals surface area contributed by atoms with Crippen LogP contribution in [-0.2, 0) is 11.0 Å². The Morgan fingerprint density at radius 3 is 2.50 bits per heavy atom. The van der Waals surface area contributed by atoms with Crippen molar-refractivity contribution in [3.8, 4) is 11.7 Å². The van der Waals surface area contributed by atoms with Crippen LogP contribution in [0, 0.1) is 0 Å². The van der Waals surface area contributed by atoms with Gasteiger partial charge in [0, 0.05) is 7.05 Å². The number of likely N-dealkylation sites (N-methyl/N-ethyl adjacent to an activating group) is 1. The van der Waals surface area contributed by atoms with Crippen molar-refractivity contribution in [1.82, 2.24) is 20.1 Å². The first-order valence-electron chi connectivity index (χ1n) is 6.29. The average molecular weight is 314 g/mol. The highest BCUT2D eigenvalue weighted by Crippen LogP contribution is 2.29. The first-order chi connectivity index (χ1) is 10.3. The molecule has 1 aromatic heterocycles. The highest BCUT2D eigenvalue weighted by molar-refractivity contribution is 5.80. The van der Waals surface area contributed by atoms with Gasteiger partial charge in [-0.1, -0.05) is 0 Å². The van der Waals surface area contributed by atoms with Crippen LogP contribution in [0.4, 0.5) is 13.2 Å². The van der Waals surface area contributed by atoms with E-state index in [0.717, 1.165) is 12.1 Å². The number of alkyl halides is 3. The minimum Gasteiger partial charge on any atom is -0.449 e. The van der Waals surface area contributed by atoms with Crippen LogP contribution in [0.25, 0.3) is 5.69 Å². The lowest BCUT2D eigenvalue weighted by molar-refractivity contribution is -0.137. The van der Waals surface area contributed by atoms with E-state index in [2.05, 4.69) is 15.4 Å². The summed E-state index contributed by atoms with van der Waals surface area (Å²) in [4.78, 5) is 15.2. The molecule has 0 aliphatic heterocycles. The van der Waals surface area contributed by atoms with Crippen molar-refractivity contribution < 1.29 is 22.7 Å². The van der Waals surface area contributed by atoms with E-state index in [1.807, 2.05) is 0 Å². The molecule has 0 fully saturated rings. The maximum absolute atomic E-state index is 12.5. The Morgan fingerprint density at radius 1 is 1.32 bits per heavy atom. The van der Waals surface area contributed by atoms with Crippen molar-refractivity contribution in [2.75, 3.05) is 7.05 Å². The zero-order valence-corrected chi connectivity index (χ0v) is 11.8. The number of halogens is 3. The van der Waals surface area contributed by atoms with Crippen LogP contribution in [0.2, 0.25) is 0 Å². The molecule has 0 saturated heterocycles. The molecule has 2 aromatic rings. The monoisotopic (exact) mass is 314 g/mol. The molecule has 1 aromatic carbocycles. The fraction of sp³-hybridized carbons (Fsp3) is 0.308. The number of amides is 1. The van der Waals surface area contributed by atoms with Gasteiger partial charge < -0.3 is 10.1 Å². The molecule has 0 radical (unpaired) electrons. The van der Waals surface area contributed by atoms with Gasteiger partial charge in [-0.05, 0) is 31.2 Å². The van der Waals surface area contributed by atoms with E-state index in [4.69, 9.17) is 4.74 Å². The van der Waals surface area contributed by atoms with Crippen molar-refractivity contribution >= 4 is 5.91 Å².